The molecule has 1 aromatic heterocycles. The summed E-state index contributed by atoms with van der Waals surface area (Å²) < 4.78 is 24.5. The first kappa shape index (κ1) is 13.1. The predicted octanol–water partition coefficient (Wildman–Crippen LogP) is 2.24. The molecule has 0 atom stereocenters. The van der Waals surface area contributed by atoms with Crippen molar-refractivity contribution < 1.29 is 13.6 Å². The van der Waals surface area contributed by atoms with Crippen LogP contribution in [0.1, 0.15) is 34.0 Å². The van der Waals surface area contributed by atoms with Gasteiger partial charge in [0.1, 0.15) is 4.88 Å². The first-order valence-corrected chi connectivity index (χ1v) is 6.52. The molecule has 1 fully saturated rings. The molecule has 1 saturated carbocycles. The summed E-state index contributed by atoms with van der Waals surface area (Å²) >= 11 is 1.15. The minimum atomic E-state index is -2.43. The standard InChI is InChI=1S/C11H15F2N3OS/c1-15-10(17)9-8(14)7(5-2-3-5)11(18-9)16-4-6(12)13/h5-6,16H,2-4,14H2,1H3,(H,15,17). The van der Waals surface area contributed by atoms with Gasteiger partial charge in [0.2, 0.25) is 0 Å². The van der Waals surface area contributed by atoms with Gasteiger partial charge in [-0.05, 0) is 18.8 Å². The number of thiophene rings is 1. The van der Waals surface area contributed by atoms with Crippen molar-refractivity contribution in [1.82, 2.24) is 5.32 Å². The summed E-state index contributed by atoms with van der Waals surface area (Å²) in [4.78, 5) is 12.0. The molecule has 1 heterocycles. The number of amides is 1. The lowest BCUT2D eigenvalue weighted by Gasteiger charge is -2.06. The highest BCUT2D eigenvalue weighted by molar-refractivity contribution is 7.18. The minimum Gasteiger partial charge on any atom is -0.397 e. The average Bonchev–Trinajstić information content (AvgIpc) is 3.10. The Labute approximate surface area is 108 Å². The smallest absolute Gasteiger partial charge is 0.263 e. The molecule has 0 radical (unpaired) electrons. The third-order valence-electron chi connectivity index (χ3n) is 2.82. The molecular weight excluding hydrogens is 260 g/mol. The second-order valence-electron chi connectivity index (χ2n) is 4.21. The second kappa shape index (κ2) is 5.09. The lowest BCUT2D eigenvalue weighted by atomic mass is 10.1. The summed E-state index contributed by atoms with van der Waals surface area (Å²) in [5, 5.41) is 5.79. The number of nitrogens with one attached hydrogen (secondary N) is 2. The Morgan fingerprint density at radius 2 is 2.22 bits per heavy atom. The molecule has 1 aliphatic carbocycles. The zero-order chi connectivity index (χ0) is 13.3. The topological polar surface area (TPSA) is 67.2 Å². The molecule has 7 heteroatoms. The molecule has 0 saturated heterocycles. The molecule has 18 heavy (non-hydrogen) atoms. The molecule has 2 rings (SSSR count). The monoisotopic (exact) mass is 275 g/mol. The average molecular weight is 275 g/mol. The van der Waals surface area contributed by atoms with Gasteiger partial charge in [-0.3, -0.25) is 4.79 Å². The molecule has 0 bridgehead atoms. The van der Waals surface area contributed by atoms with Gasteiger partial charge in [0.25, 0.3) is 12.3 Å². The van der Waals surface area contributed by atoms with Crippen LogP contribution in [-0.4, -0.2) is 25.9 Å². The Hall–Kier alpha value is -1.37. The summed E-state index contributed by atoms with van der Waals surface area (Å²) in [5.74, 6) is 0.0318. The van der Waals surface area contributed by atoms with Crippen LogP contribution >= 0.6 is 11.3 Å². The summed E-state index contributed by atoms with van der Waals surface area (Å²) in [7, 11) is 1.52. The van der Waals surface area contributed by atoms with Gasteiger partial charge in [0, 0.05) is 12.6 Å². The number of hydrogen-bond acceptors (Lipinski definition) is 4. The van der Waals surface area contributed by atoms with Gasteiger partial charge in [0.05, 0.1) is 17.2 Å². The minimum absolute atomic E-state index is 0.274. The van der Waals surface area contributed by atoms with Crippen molar-refractivity contribution in [2.24, 2.45) is 0 Å². The van der Waals surface area contributed by atoms with E-state index < -0.39 is 13.0 Å². The molecule has 0 aromatic carbocycles. The molecule has 0 aliphatic heterocycles. The van der Waals surface area contributed by atoms with E-state index >= 15 is 0 Å². The van der Waals surface area contributed by atoms with Gasteiger partial charge in [-0.1, -0.05) is 0 Å². The van der Waals surface area contributed by atoms with Crippen LogP contribution in [-0.2, 0) is 0 Å². The highest BCUT2D eigenvalue weighted by Gasteiger charge is 2.32. The molecule has 1 aliphatic rings. The van der Waals surface area contributed by atoms with Crippen molar-refractivity contribution in [3.63, 3.8) is 0 Å². The SMILES string of the molecule is CNC(=O)c1sc(NCC(F)F)c(C2CC2)c1N. The predicted molar refractivity (Wildman–Crippen MR) is 68.6 cm³/mol. The summed E-state index contributed by atoms with van der Waals surface area (Å²) in [6.07, 6.45) is -0.432. The molecule has 1 aromatic rings. The van der Waals surface area contributed by atoms with E-state index in [1.54, 1.807) is 0 Å². The Kier molecular flexibility index (Phi) is 3.70. The fourth-order valence-electron chi connectivity index (χ4n) is 1.82. The third-order valence-corrected chi connectivity index (χ3v) is 4.00. The van der Waals surface area contributed by atoms with Crippen molar-refractivity contribution in [2.45, 2.75) is 25.2 Å². The summed E-state index contributed by atoms with van der Waals surface area (Å²) in [6.45, 7) is -0.424. The molecule has 100 valence electrons. The van der Waals surface area contributed by atoms with Crippen LogP contribution in [0.25, 0.3) is 0 Å². The number of nitrogen functional groups attached to an aromatic ring is 1. The van der Waals surface area contributed by atoms with Crippen molar-refractivity contribution >= 4 is 27.9 Å². The maximum Gasteiger partial charge on any atom is 0.263 e. The van der Waals surface area contributed by atoms with Gasteiger partial charge in [0.15, 0.2) is 0 Å². The number of carbonyl (C=O) groups excluding carboxylic acids is 1. The van der Waals surface area contributed by atoms with Gasteiger partial charge in [-0.15, -0.1) is 11.3 Å². The van der Waals surface area contributed by atoms with Gasteiger partial charge < -0.3 is 16.4 Å². The number of anilines is 2. The number of alkyl halides is 2. The molecule has 1 amide bonds. The Balaban J connectivity index is 2.29. The van der Waals surface area contributed by atoms with Crippen molar-refractivity contribution in [1.29, 1.82) is 0 Å². The van der Waals surface area contributed by atoms with E-state index in [0.29, 0.717) is 21.5 Å². The quantitative estimate of drug-likeness (QED) is 0.772. The first-order valence-electron chi connectivity index (χ1n) is 5.70. The Morgan fingerprint density at radius 3 is 2.72 bits per heavy atom. The molecule has 0 unspecified atom stereocenters. The fraction of sp³-hybridized carbons (Fsp3) is 0.545. The summed E-state index contributed by atoms with van der Waals surface area (Å²) in [5.41, 5.74) is 7.21. The normalized spacial score (nSPS) is 14.9. The molecule has 0 spiro atoms. The largest absolute Gasteiger partial charge is 0.397 e. The van der Waals surface area contributed by atoms with Crippen molar-refractivity contribution in [2.75, 3.05) is 24.6 Å². The van der Waals surface area contributed by atoms with Crippen LogP contribution in [0.4, 0.5) is 19.5 Å². The first-order chi connectivity index (χ1) is 8.54. The summed E-state index contributed by atoms with van der Waals surface area (Å²) in [6, 6.07) is 0. The number of carbonyl (C=O) groups is 1. The number of nitrogens with two attached hydrogens (primary N) is 1. The van der Waals surface area contributed by atoms with Gasteiger partial charge in [-0.25, -0.2) is 8.78 Å². The molecular formula is C11H15F2N3OS. The van der Waals surface area contributed by atoms with E-state index in [2.05, 4.69) is 10.6 Å². The van der Waals surface area contributed by atoms with Crippen molar-refractivity contribution in [3.05, 3.63) is 10.4 Å². The van der Waals surface area contributed by atoms with Crippen molar-refractivity contribution in [3.8, 4) is 0 Å². The van der Waals surface area contributed by atoms with E-state index in [1.807, 2.05) is 0 Å². The second-order valence-corrected chi connectivity index (χ2v) is 5.23. The number of hydrogen-bond donors (Lipinski definition) is 3. The molecule has 4 N–H and O–H groups in total. The van der Waals surface area contributed by atoms with Crippen LogP contribution in [0, 0.1) is 0 Å². The zero-order valence-electron chi connectivity index (χ0n) is 9.93. The van der Waals surface area contributed by atoms with E-state index in [0.717, 1.165) is 29.7 Å². The highest BCUT2D eigenvalue weighted by atomic mass is 32.1. The van der Waals surface area contributed by atoms with Crippen LogP contribution < -0.4 is 16.4 Å². The van der Waals surface area contributed by atoms with E-state index in [-0.39, 0.29) is 5.91 Å². The van der Waals surface area contributed by atoms with Crippen LogP contribution in [0.2, 0.25) is 0 Å². The maximum atomic E-state index is 12.2. The fourth-order valence-corrected chi connectivity index (χ4v) is 2.98. The van der Waals surface area contributed by atoms with Crippen LogP contribution in [0.3, 0.4) is 0 Å². The van der Waals surface area contributed by atoms with Crippen LogP contribution in [0.5, 0.6) is 0 Å². The van der Waals surface area contributed by atoms with E-state index in [9.17, 15) is 13.6 Å². The van der Waals surface area contributed by atoms with Crippen LogP contribution in [0.15, 0.2) is 0 Å². The number of halogens is 2. The third kappa shape index (κ3) is 2.55. The maximum absolute atomic E-state index is 12.2. The number of rotatable bonds is 5. The lowest BCUT2D eigenvalue weighted by Crippen LogP contribution is -2.17. The van der Waals surface area contributed by atoms with Gasteiger partial charge >= 0.3 is 0 Å². The highest BCUT2D eigenvalue weighted by Crippen LogP contribution is 2.50. The van der Waals surface area contributed by atoms with E-state index in [4.69, 9.17) is 5.73 Å². The lowest BCUT2D eigenvalue weighted by molar-refractivity contribution is 0.0968. The molecule has 4 nitrogen and oxygen atoms in total. The Bertz CT molecular complexity index is 457. The zero-order valence-corrected chi connectivity index (χ0v) is 10.7. The van der Waals surface area contributed by atoms with Gasteiger partial charge in [-0.2, -0.15) is 0 Å². The van der Waals surface area contributed by atoms with E-state index in [1.165, 1.54) is 7.05 Å². The Morgan fingerprint density at radius 1 is 1.56 bits per heavy atom.